The molecule has 2 rings (SSSR count). The maximum Gasteiger partial charge on any atom is 0.0662 e. The molecule has 1 atom stereocenters. The first kappa shape index (κ1) is 9.69. The second kappa shape index (κ2) is 3.71. The van der Waals surface area contributed by atoms with Crippen molar-refractivity contribution >= 4 is 0 Å². The predicted octanol–water partition coefficient (Wildman–Crippen LogP) is 2.13. The zero-order valence-corrected chi connectivity index (χ0v) is 8.79. The molecule has 1 N–H and O–H groups in total. The summed E-state index contributed by atoms with van der Waals surface area (Å²) in [6, 6.07) is 10.8. The molecule has 0 saturated carbocycles. The van der Waals surface area contributed by atoms with Gasteiger partial charge in [0.15, 0.2) is 0 Å². The number of hydrogen-bond donors (Lipinski definition) is 1. The van der Waals surface area contributed by atoms with Crippen LogP contribution in [0.2, 0.25) is 0 Å². The quantitative estimate of drug-likeness (QED) is 0.734. The summed E-state index contributed by atoms with van der Waals surface area (Å²) in [7, 11) is 0. The molecule has 0 spiro atoms. The second-order valence-electron chi connectivity index (χ2n) is 4.51. The van der Waals surface area contributed by atoms with E-state index in [2.05, 4.69) is 43.4 Å². The van der Waals surface area contributed by atoms with Crippen molar-refractivity contribution in [2.75, 3.05) is 13.2 Å². The number of ether oxygens (including phenoxy) is 1. The second-order valence-corrected chi connectivity index (χ2v) is 4.51. The van der Waals surface area contributed by atoms with Gasteiger partial charge in [-0.25, -0.2) is 0 Å². The Morgan fingerprint density at radius 2 is 2.00 bits per heavy atom. The summed E-state index contributed by atoms with van der Waals surface area (Å²) in [6.07, 6.45) is 0. The molecule has 0 radical (unpaired) electrons. The molecular weight excluding hydrogens is 174 g/mol. The highest BCUT2D eigenvalue weighted by Gasteiger charge is 2.28. The van der Waals surface area contributed by atoms with Crippen LogP contribution in [-0.2, 0) is 4.74 Å². The van der Waals surface area contributed by atoms with Crippen molar-refractivity contribution in [2.45, 2.75) is 25.4 Å². The Morgan fingerprint density at radius 1 is 1.29 bits per heavy atom. The fraction of sp³-hybridized carbons (Fsp3) is 0.500. The summed E-state index contributed by atoms with van der Waals surface area (Å²) in [5.74, 6) is 0. The topological polar surface area (TPSA) is 21.3 Å². The van der Waals surface area contributed by atoms with Gasteiger partial charge in [0.1, 0.15) is 0 Å². The van der Waals surface area contributed by atoms with E-state index in [1.165, 1.54) is 5.56 Å². The molecule has 2 nitrogen and oxygen atoms in total. The third-order valence-corrected chi connectivity index (χ3v) is 2.51. The molecular formula is C12H17NO. The molecule has 1 fully saturated rings. The van der Waals surface area contributed by atoms with E-state index in [0.717, 1.165) is 13.2 Å². The fourth-order valence-electron chi connectivity index (χ4n) is 1.85. The van der Waals surface area contributed by atoms with Gasteiger partial charge in [0, 0.05) is 5.54 Å². The molecule has 0 aromatic heterocycles. The van der Waals surface area contributed by atoms with Gasteiger partial charge in [-0.3, -0.25) is 0 Å². The number of morpholine rings is 1. The standard InChI is InChI=1S/C12H17NO/c1-12(2)9-14-8-11(13-12)10-6-4-3-5-7-10/h3-7,11,13H,8-9H2,1-2H3/t11-/m1/s1. The van der Waals surface area contributed by atoms with Gasteiger partial charge in [-0.05, 0) is 19.4 Å². The largest absolute Gasteiger partial charge is 0.378 e. The van der Waals surface area contributed by atoms with Crippen molar-refractivity contribution in [2.24, 2.45) is 0 Å². The molecule has 0 amide bonds. The van der Waals surface area contributed by atoms with Crippen LogP contribution in [0.25, 0.3) is 0 Å². The van der Waals surface area contributed by atoms with Crippen LogP contribution in [0.5, 0.6) is 0 Å². The van der Waals surface area contributed by atoms with Crippen molar-refractivity contribution in [3.05, 3.63) is 35.9 Å². The van der Waals surface area contributed by atoms with Gasteiger partial charge < -0.3 is 10.1 Å². The smallest absolute Gasteiger partial charge is 0.0662 e. The van der Waals surface area contributed by atoms with E-state index in [-0.39, 0.29) is 5.54 Å². The van der Waals surface area contributed by atoms with Crippen molar-refractivity contribution in [1.82, 2.24) is 5.32 Å². The molecule has 2 heteroatoms. The summed E-state index contributed by atoms with van der Waals surface area (Å²) in [6.45, 7) is 5.90. The Hall–Kier alpha value is -0.860. The zero-order valence-electron chi connectivity index (χ0n) is 8.79. The van der Waals surface area contributed by atoms with Gasteiger partial charge in [-0.2, -0.15) is 0 Å². The molecule has 76 valence electrons. The molecule has 1 heterocycles. The average molecular weight is 191 g/mol. The SMILES string of the molecule is CC1(C)COC[C@H](c2ccccc2)N1. The molecule has 0 bridgehead atoms. The first-order chi connectivity index (χ1) is 6.67. The van der Waals surface area contributed by atoms with Crippen LogP contribution in [-0.4, -0.2) is 18.8 Å². The zero-order chi connectivity index (χ0) is 10.0. The lowest BCUT2D eigenvalue weighted by molar-refractivity contribution is 0.0127. The minimum atomic E-state index is 0.0821. The van der Waals surface area contributed by atoms with Gasteiger partial charge in [0.25, 0.3) is 0 Å². The van der Waals surface area contributed by atoms with Crippen LogP contribution in [0, 0.1) is 0 Å². The fourth-order valence-corrected chi connectivity index (χ4v) is 1.85. The Bertz CT molecular complexity index is 294. The van der Waals surface area contributed by atoms with Crippen molar-refractivity contribution in [3.63, 3.8) is 0 Å². The average Bonchev–Trinajstić information content (AvgIpc) is 2.18. The third-order valence-electron chi connectivity index (χ3n) is 2.51. The summed E-state index contributed by atoms with van der Waals surface area (Å²) in [5, 5.41) is 3.58. The first-order valence-electron chi connectivity index (χ1n) is 5.08. The van der Waals surface area contributed by atoms with Crippen molar-refractivity contribution in [3.8, 4) is 0 Å². The lowest BCUT2D eigenvalue weighted by Crippen LogP contribution is -2.51. The van der Waals surface area contributed by atoms with Crippen molar-refractivity contribution in [1.29, 1.82) is 0 Å². The summed E-state index contributed by atoms with van der Waals surface area (Å²) in [5.41, 5.74) is 1.39. The number of hydrogen-bond acceptors (Lipinski definition) is 2. The number of benzene rings is 1. The Balaban J connectivity index is 2.12. The molecule has 1 aromatic carbocycles. The monoisotopic (exact) mass is 191 g/mol. The Kier molecular flexibility index (Phi) is 2.57. The molecule has 1 aliphatic heterocycles. The van der Waals surface area contributed by atoms with Crippen LogP contribution in [0.1, 0.15) is 25.5 Å². The van der Waals surface area contributed by atoms with E-state index in [9.17, 15) is 0 Å². The first-order valence-corrected chi connectivity index (χ1v) is 5.08. The predicted molar refractivity (Wildman–Crippen MR) is 57.2 cm³/mol. The Morgan fingerprint density at radius 3 is 2.64 bits per heavy atom. The van der Waals surface area contributed by atoms with Crippen molar-refractivity contribution < 1.29 is 4.74 Å². The molecule has 14 heavy (non-hydrogen) atoms. The van der Waals surface area contributed by atoms with Gasteiger partial charge in [-0.15, -0.1) is 0 Å². The van der Waals surface area contributed by atoms with E-state index >= 15 is 0 Å². The summed E-state index contributed by atoms with van der Waals surface area (Å²) in [4.78, 5) is 0. The molecule has 0 unspecified atom stereocenters. The highest BCUT2D eigenvalue weighted by atomic mass is 16.5. The van der Waals surface area contributed by atoms with Crippen LogP contribution < -0.4 is 5.32 Å². The normalized spacial score (nSPS) is 26.0. The number of rotatable bonds is 1. The minimum absolute atomic E-state index is 0.0821. The van der Waals surface area contributed by atoms with Gasteiger partial charge in [-0.1, -0.05) is 30.3 Å². The van der Waals surface area contributed by atoms with E-state index in [0.29, 0.717) is 6.04 Å². The maximum absolute atomic E-state index is 5.59. The van der Waals surface area contributed by atoms with Crippen LogP contribution >= 0.6 is 0 Å². The van der Waals surface area contributed by atoms with E-state index in [1.807, 2.05) is 6.07 Å². The molecule has 1 saturated heterocycles. The van der Waals surface area contributed by atoms with E-state index in [4.69, 9.17) is 4.74 Å². The van der Waals surface area contributed by atoms with Crippen LogP contribution in [0.4, 0.5) is 0 Å². The molecule has 1 aromatic rings. The summed E-state index contributed by atoms with van der Waals surface area (Å²) < 4.78 is 5.59. The Labute approximate surface area is 85.3 Å². The van der Waals surface area contributed by atoms with Crippen LogP contribution in [0.3, 0.4) is 0 Å². The number of nitrogens with one attached hydrogen (secondary N) is 1. The lowest BCUT2D eigenvalue weighted by atomic mass is 9.99. The van der Waals surface area contributed by atoms with Gasteiger partial charge in [0.05, 0.1) is 19.3 Å². The highest BCUT2D eigenvalue weighted by Crippen LogP contribution is 2.21. The highest BCUT2D eigenvalue weighted by molar-refractivity contribution is 5.20. The third kappa shape index (κ3) is 2.14. The lowest BCUT2D eigenvalue weighted by Gasteiger charge is -2.37. The minimum Gasteiger partial charge on any atom is -0.378 e. The van der Waals surface area contributed by atoms with Gasteiger partial charge >= 0.3 is 0 Å². The van der Waals surface area contributed by atoms with Gasteiger partial charge in [0.2, 0.25) is 0 Å². The maximum atomic E-state index is 5.59. The molecule has 1 aliphatic rings. The van der Waals surface area contributed by atoms with E-state index in [1.54, 1.807) is 0 Å². The molecule has 0 aliphatic carbocycles. The van der Waals surface area contributed by atoms with Crippen LogP contribution in [0.15, 0.2) is 30.3 Å². The van der Waals surface area contributed by atoms with E-state index < -0.39 is 0 Å². The summed E-state index contributed by atoms with van der Waals surface area (Å²) >= 11 is 0.